The molecule has 0 fully saturated rings. The van der Waals surface area contributed by atoms with E-state index >= 15 is 0 Å². The van der Waals surface area contributed by atoms with Crippen LogP contribution in [0.4, 0.5) is 0 Å². The Morgan fingerprint density at radius 2 is 2.23 bits per heavy atom. The fraction of sp³-hybridized carbons (Fsp3) is 0.100. The van der Waals surface area contributed by atoms with E-state index in [1.54, 1.807) is 6.20 Å². The van der Waals surface area contributed by atoms with Crippen LogP contribution in [0, 0.1) is 6.92 Å². The second-order valence-electron chi connectivity index (χ2n) is 2.97. The van der Waals surface area contributed by atoms with Gasteiger partial charge in [-0.25, -0.2) is 0 Å². The molecule has 13 heavy (non-hydrogen) atoms. The van der Waals surface area contributed by atoms with Gasteiger partial charge in [-0.05, 0) is 18.6 Å². The van der Waals surface area contributed by atoms with Crippen LogP contribution in [-0.4, -0.2) is 12.8 Å². The molecule has 0 saturated carbocycles. The van der Waals surface area contributed by atoms with E-state index in [0.29, 0.717) is 0 Å². The van der Waals surface area contributed by atoms with Crippen LogP contribution in [0.5, 0.6) is 0 Å². The van der Waals surface area contributed by atoms with Crippen LogP contribution < -0.4 is 5.46 Å². The van der Waals surface area contributed by atoms with Gasteiger partial charge in [0.25, 0.3) is 0 Å². The van der Waals surface area contributed by atoms with Crippen LogP contribution in [0.25, 0.3) is 10.9 Å². The zero-order chi connectivity index (χ0) is 9.42. The molecule has 0 amide bonds. The lowest BCUT2D eigenvalue weighted by atomic mass is 9.89. The molecule has 62 valence electrons. The van der Waals surface area contributed by atoms with Crippen LogP contribution in [0.2, 0.25) is 0 Å². The fourth-order valence-electron chi connectivity index (χ4n) is 1.36. The second kappa shape index (κ2) is 3.15. The van der Waals surface area contributed by atoms with E-state index < -0.39 is 0 Å². The summed E-state index contributed by atoms with van der Waals surface area (Å²) in [6.45, 7) is 1.98. The normalized spacial score (nSPS) is 10.6. The number of aryl methyl sites for hydroxylation is 1. The van der Waals surface area contributed by atoms with Crippen molar-refractivity contribution in [3.05, 3.63) is 34.4 Å². The third-order valence-electron chi connectivity index (χ3n) is 2.14. The van der Waals surface area contributed by atoms with Crippen LogP contribution >= 0.6 is 15.9 Å². The molecule has 1 aromatic heterocycles. The van der Waals surface area contributed by atoms with E-state index in [0.717, 1.165) is 26.4 Å². The summed E-state index contributed by atoms with van der Waals surface area (Å²) in [5.41, 5.74) is 2.78. The summed E-state index contributed by atoms with van der Waals surface area (Å²) in [5, 5.41) is 1.11. The zero-order valence-electron chi connectivity index (χ0n) is 7.21. The summed E-state index contributed by atoms with van der Waals surface area (Å²) < 4.78 is 0.999. The van der Waals surface area contributed by atoms with Crippen molar-refractivity contribution in [3.8, 4) is 0 Å². The fourth-order valence-corrected chi connectivity index (χ4v) is 1.92. The monoisotopic (exact) mass is 231 g/mol. The van der Waals surface area contributed by atoms with Crippen molar-refractivity contribution in [1.29, 1.82) is 0 Å². The van der Waals surface area contributed by atoms with E-state index in [1.807, 2.05) is 25.1 Å². The third kappa shape index (κ3) is 1.37. The van der Waals surface area contributed by atoms with Gasteiger partial charge in [0.1, 0.15) is 7.85 Å². The Labute approximate surface area is 86.7 Å². The highest BCUT2D eigenvalue weighted by Crippen LogP contribution is 2.22. The van der Waals surface area contributed by atoms with E-state index in [1.165, 1.54) is 0 Å². The Morgan fingerprint density at radius 3 is 3.00 bits per heavy atom. The number of aromatic nitrogens is 1. The molecule has 3 heteroatoms. The van der Waals surface area contributed by atoms with Gasteiger partial charge in [0, 0.05) is 16.1 Å². The summed E-state index contributed by atoms with van der Waals surface area (Å²) in [6, 6.07) is 5.86. The average molecular weight is 232 g/mol. The Hall–Kier alpha value is -0.825. The first-order valence-electron chi connectivity index (χ1n) is 3.99. The summed E-state index contributed by atoms with van der Waals surface area (Å²) in [6.07, 6.45) is 1.78. The number of hydrogen-bond acceptors (Lipinski definition) is 1. The largest absolute Gasteiger partial charge is 0.256 e. The Morgan fingerprint density at radius 1 is 1.46 bits per heavy atom. The molecule has 0 atom stereocenters. The van der Waals surface area contributed by atoms with Crippen LogP contribution in [-0.2, 0) is 0 Å². The number of pyridine rings is 1. The topological polar surface area (TPSA) is 12.9 Å². The van der Waals surface area contributed by atoms with Crippen molar-refractivity contribution >= 4 is 40.1 Å². The van der Waals surface area contributed by atoms with Crippen molar-refractivity contribution in [2.45, 2.75) is 6.92 Å². The van der Waals surface area contributed by atoms with Gasteiger partial charge < -0.3 is 0 Å². The summed E-state index contributed by atoms with van der Waals surface area (Å²) >= 11 is 3.46. The Kier molecular flexibility index (Phi) is 2.12. The molecule has 1 aromatic carbocycles. The minimum Gasteiger partial charge on any atom is -0.256 e. The van der Waals surface area contributed by atoms with Gasteiger partial charge in [0.05, 0.1) is 5.52 Å². The smallest absolute Gasteiger partial charge is 0.114 e. The number of hydrogen-bond donors (Lipinski definition) is 0. The predicted octanol–water partition coefficient (Wildman–Crippen LogP) is 2.10. The van der Waals surface area contributed by atoms with Gasteiger partial charge in [-0.3, -0.25) is 4.98 Å². The highest BCUT2D eigenvalue weighted by Gasteiger charge is 2.04. The van der Waals surface area contributed by atoms with Crippen LogP contribution in [0.15, 0.2) is 28.9 Å². The van der Waals surface area contributed by atoms with Crippen LogP contribution in [0.3, 0.4) is 0 Å². The van der Waals surface area contributed by atoms with Gasteiger partial charge in [0.15, 0.2) is 0 Å². The Balaban J connectivity index is 2.97. The molecular formula is C10H7BBrN. The van der Waals surface area contributed by atoms with E-state index in [9.17, 15) is 0 Å². The minimum atomic E-state index is 0.776. The van der Waals surface area contributed by atoms with Gasteiger partial charge in [0.2, 0.25) is 0 Å². The molecule has 2 radical (unpaired) electrons. The summed E-state index contributed by atoms with van der Waals surface area (Å²) in [4.78, 5) is 4.29. The first kappa shape index (κ1) is 8.76. The maximum Gasteiger partial charge on any atom is 0.114 e. The van der Waals surface area contributed by atoms with E-state index in [2.05, 4.69) is 20.9 Å². The zero-order valence-corrected chi connectivity index (χ0v) is 8.80. The molecule has 1 nitrogen and oxygen atoms in total. The predicted molar refractivity (Wildman–Crippen MR) is 59.6 cm³/mol. The molecule has 0 aliphatic heterocycles. The lowest BCUT2D eigenvalue weighted by Gasteiger charge is -2.06. The molecule has 0 unspecified atom stereocenters. The lowest BCUT2D eigenvalue weighted by molar-refractivity contribution is 1.37. The molecule has 0 N–H and O–H groups in total. The van der Waals surface area contributed by atoms with Crippen molar-refractivity contribution in [3.63, 3.8) is 0 Å². The quantitative estimate of drug-likeness (QED) is 0.633. The molecule has 2 rings (SSSR count). The maximum absolute atomic E-state index is 5.82. The first-order valence-corrected chi connectivity index (χ1v) is 4.79. The number of benzene rings is 1. The maximum atomic E-state index is 5.82. The molecule has 0 aliphatic carbocycles. The lowest BCUT2D eigenvalue weighted by Crippen LogP contribution is -2.08. The number of halogens is 1. The number of nitrogens with zero attached hydrogens (tertiary/aromatic N) is 1. The molecule has 0 spiro atoms. The van der Waals surface area contributed by atoms with Gasteiger partial charge in [-0.2, -0.15) is 0 Å². The summed E-state index contributed by atoms with van der Waals surface area (Å²) in [5.74, 6) is 0. The molecule has 0 saturated heterocycles. The average Bonchev–Trinajstić information content (AvgIpc) is 2.15. The van der Waals surface area contributed by atoms with Crippen LogP contribution in [0.1, 0.15) is 5.56 Å². The standard InChI is InChI=1S/C10H7BBrN/c1-6-8(11)5-9(12)7-3-2-4-13-10(6)7/h2-5H,1H3. The molecule has 0 bridgehead atoms. The highest BCUT2D eigenvalue weighted by molar-refractivity contribution is 9.10. The van der Waals surface area contributed by atoms with E-state index in [-0.39, 0.29) is 0 Å². The second-order valence-corrected chi connectivity index (χ2v) is 3.83. The van der Waals surface area contributed by atoms with Crippen molar-refractivity contribution < 1.29 is 0 Å². The summed E-state index contributed by atoms with van der Waals surface area (Å²) in [7, 11) is 5.82. The van der Waals surface area contributed by atoms with Crippen molar-refractivity contribution in [2.24, 2.45) is 0 Å². The van der Waals surface area contributed by atoms with Gasteiger partial charge >= 0.3 is 0 Å². The van der Waals surface area contributed by atoms with Crippen molar-refractivity contribution in [1.82, 2.24) is 4.98 Å². The first-order chi connectivity index (χ1) is 6.20. The van der Waals surface area contributed by atoms with Gasteiger partial charge in [-0.1, -0.05) is 33.5 Å². The molecule has 1 heterocycles. The SMILES string of the molecule is [B]c1cc(Br)c2cccnc2c1C. The molecular weight excluding hydrogens is 225 g/mol. The third-order valence-corrected chi connectivity index (χ3v) is 2.79. The molecule has 0 aliphatic rings. The number of fused-ring (bicyclic) bond motifs is 1. The minimum absolute atomic E-state index is 0.776. The Bertz CT molecular complexity index is 468. The van der Waals surface area contributed by atoms with E-state index in [4.69, 9.17) is 7.85 Å². The number of rotatable bonds is 0. The van der Waals surface area contributed by atoms with Crippen molar-refractivity contribution in [2.75, 3.05) is 0 Å². The van der Waals surface area contributed by atoms with Gasteiger partial charge in [-0.15, -0.1) is 0 Å². The highest BCUT2D eigenvalue weighted by atomic mass is 79.9. The molecule has 2 aromatic rings.